The summed E-state index contributed by atoms with van der Waals surface area (Å²) in [6.45, 7) is 0.589. The largest absolute Gasteiger partial charge is 0.354 e. The second kappa shape index (κ2) is 6.95. The lowest BCUT2D eigenvalue weighted by Gasteiger charge is -2.14. The molecule has 1 rings (SSSR count). The van der Waals surface area contributed by atoms with Gasteiger partial charge in [0.25, 0.3) is 5.91 Å². The van der Waals surface area contributed by atoms with Crippen LogP contribution in [0.25, 0.3) is 0 Å². The molecule has 0 aliphatic carbocycles. The molecule has 6 heteroatoms. The van der Waals surface area contributed by atoms with E-state index in [1.807, 2.05) is 0 Å². The fraction of sp³-hybridized carbons (Fsp3) is 0.455. The fourth-order valence-electron chi connectivity index (χ4n) is 1.27. The third kappa shape index (κ3) is 4.10. The Labute approximate surface area is 100 Å². The number of aromatic nitrogens is 1. The third-order valence-electron chi connectivity index (χ3n) is 2.24. The highest BCUT2D eigenvalue weighted by atomic mass is 16.7. The minimum absolute atomic E-state index is 0.207. The van der Waals surface area contributed by atoms with Crippen LogP contribution in [0.15, 0.2) is 18.3 Å². The summed E-state index contributed by atoms with van der Waals surface area (Å²) in [7, 11) is 3.03. The van der Waals surface area contributed by atoms with E-state index in [2.05, 4.69) is 10.3 Å². The zero-order chi connectivity index (χ0) is 12.7. The molecule has 0 fully saturated rings. The van der Waals surface area contributed by atoms with Crippen LogP contribution in [0.4, 0.5) is 0 Å². The molecule has 0 aromatic carbocycles. The fourth-order valence-corrected chi connectivity index (χ4v) is 1.27. The molecule has 3 N–H and O–H groups in total. The molecule has 0 spiro atoms. The summed E-state index contributed by atoms with van der Waals surface area (Å²) in [6.07, 6.45) is 1.11. The number of nitrogens with zero attached hydrogens (tertiary/aromatic N) is 1. The molecule has 0 aliphatic heterocycles. The quantitative estimate of drug-likeness (QED) is 0.676. The maximum atomic E-state index is 11.8. The zero-order valence-electron chi connectivity index (χ0n) is 9.97. The van der Waals surface area contributed by atoms with E-state index in [0.29, 0.717) is 17.8 Å². The minimum Gasteiger partial charge on any atom is -0.354 e. The molecule has 0 bridgehead atoms. The molecule has 0 aliphatic rings. The topological polar surface area (TPSA) is 86.5 Å². The van der Waals surface area contributed by atoms with E-state index in [1.165, 1.54) is 14.2 Å². The van der Waals surface area contributed by atoms with Crippen LogP contribution in [0.3, 0.4) is 0 Å². The smallest absolute Gasteiger partial charge is 0.251 e. The summed E-state index contributed by atoms with van der Waals surface area (Å²) in [4.78, 5) is 15.8. The van der Waals surface area contributed by atoms with Crippen LogP contribution in [-0.4, -0.2) is 37.9 Å². The lowest BCUT2D eigenvalue weighted by atomic mass is 10.2. The molecule has 0 radical (unpaired) electrons. The van der Waals surface area contributed by atoms with Gasteiger partial charge in [-0.15, -0.1) is 0 Å². The number of rotatable bonds is 6. The van der Waals surface area contributed by atoms with Crippen molar-refractivity contribution in [2.75, 3.05) is 20.8 Å². The van der Waals surface area contributed by atoms with Crippen molar-refractivity contribution < 1.29 is 14.3 Å². The standard InChI is InChI=1S/C11H17N3O3/c1-16-10(17-2)7-14-11(15)8-3-4-13-9(5-8)6-12/h3-5,10H,6-7,12H2,1-2H3,(H,14,15). The minimum atomic E-state index is -0.449. The first-order chi connectivity index (χ1) is 8.21. The van der Waals surface area contributed by atoms with Gasteiger partial charge in [-0.3, -0.25) is 9.78 Å². The first-order valence-electron chi connectivity index (χ1n) is 5.20. The van der Waals surface area contributed by atoms with Crippen molar-refractivity contribution in [3.8, 4) is 0 Å². The number of carbonyl (C=O) groups is 1. The van der Waals surface area contributed by atoms with E-state index in [-0.39, 0.29) is 12.5 Å². The molecule has 0 unspecified atom stereocenters. The van der Waals surface area contributed by atoms with Crippen molar-refractivity contribution in [1.29, 1.82) is 0 Å². The first-order valence-corrected chi connectivity index (χ1v) is 5.20. The number of nitrogens with one attached hydrogen (secondary N) is 1. The van der Waals surface area contributed by atoms with Crippen molar-refractivity contribution in [3.05, 3.63) is 29.6 Å². The molecule has 1 heterocycles. The number of nitrogens with two attached hydrogens (primary N) is 1. The van der Waals surface area contributed by atoms with Gasteiger partial charge in [0.1, 0.15) is 0 Å². The summed E-state index contributed by atoms with van der Waals surface area (Å²) in [5.41, 5.74) is 6.64. The average Bonchev–Trinajstić information content (AvgIpc) is 2.39. The Balaban J connectivity index is 2.57. The van der Waals surface area contributed by atoms with Gasteiger partial charge in [-0.1, -0.05) is 0 Å². The normalized spacial score (nSPS) is 10.6. The Hall–Kier alpha value is -1.50. The Bertz CT molecular complexity index is 367. The Morgan fingerprint density at radius 2 is 2.24 bits per heavy atom. The summed E-state index contributed by atoms with van der Waals surface area (Å²) in [5, 5.41) is 2.69. The maximum absolute atomic E-state index is 11.8. The highest BCUT2D eigenvalue weighted by Crippen LogP contribution is 2.01. The van der Waals surface area contributed by atoms with E-state index >= 15 is 0 Å². The van der Waals surface area contributed by atoms with Gasteiger partial charge >= 0.3 is 0 Å². The van der Waals surface area contributed by atoms with Crippen LogP contribution in [-0.2, 0) is 16.0 Å². The van der Waals surface area contributed by atoms with E-state index in [1.54, 1.807) is 18.3 Å². The molecule has 94 valence electrons. The number of methoxy groups -OCH3 is 2. The van der Waals surface area contributed by atoms with Gasteiger partial charge in [-0.25, -0.2) is 0 Å². The second-order valence-electron chi connectivity index (χ2n) is 3.35. The Kier molecular flexibility index (Phi) is 5.55. The van der Waals surface area contributed by atoms with E-state index in [0.717, 1.165) is 0 Å². The molecule has 0 saturated carbocycles. The van der Waals surface area contributed by atoms with E-state index in [9.17, 15) is 4.79 Å². The predicted molar refractivity (Wildman–Crippen MR) is 62.3 cm³/mol. The van der Waals surface area contributed by atoms with Crippen LogP contribution in [0.1, 0.15) is 16.1 Å². The highest BCUT2D eigenvalue weighted by molar-refractivity contribution is 5.94. The molecule has 17 heavy (non-hydrogen) atoms. The van der Waals surface area contributed by atoms with Crippen molar-refractivity contribution in [2.24, 2.45) is 5.73 Å². The number of amides is 1. The van der Waals surface area contributed by atoms with Gasteiger partial charge < -0.3 is 20.5 Å². The van der Waals surface area contributed by atoms with E-state index in [4.69, 9.17) is 15.2 Å². The predicted octanol–water partition coefficient (Wildman–Crippen LogP) is -0.111. The number of pyridine rings is 1. The van der Waals surface area contributed by atoms with Gasteiger partial charge in [0.2, 0.25) is 0 Å². The summed E-state index contributed by atoms with van der Waals surface area (Å²) in [6, 6.07) is 3.28. The molecule has 0 saturated heterocycles. The van der Waals surface area contributed by atoms with E-state index < -0.39 is 6.29 Å². The van der Waals surface area contributed by atoms with Crippen molar-refractivity contribution in [2.45, 2.75) is 12.8 Å². The van der Waals surface area contributed by atoms with Crippen LogP contribution in [0.5, 0.6) is 0 Å². The average molecular weight is 239 g/mol. The third-order valence-corrected chi connectivity index (χ3v) is 2.24. The zero-order valence-corrected chi connectivity index (χ0v) is 9.97. The molecule has 6 nitrogen and oxygen atoms in total. The first kappa shape index (κ1) is 13.6. The van der Waals surface area contributed by atoms with Crippen LogP contribution >= 0.6 is 0 Å². The molecule has 1 aromatic heterocycles. The van der Waals surface area contributed by atoms with Crippen LogP contribution in [0, 0.1) is 0 Å². The SMILES string of the molecule is COC(CNC(=O)c1ccnc(CN)c1)OC. The van der Waals surface area contributed by atoms with Gasteiger partial charge in [-0.2, -0.15) is 0 Å². The summed E-state index contributed by atoms with van der Waals surface area (Å²) >= 11 is 0. The molecule has 1 amide bonds. The molecular formula is C11H17N3O3. The molecule has 1 aromatic rings. The van der Waals surface area contributed by atoms with Gasteiger partial charge in [-0.05, 0) is 12.1 Å². The summed E-state index contributed by atoms with van der Waals surface area (Å²) in [5.74, 6) is -0.207. The van der Waals surface area contributed by atoms with Gasteiger partial charge in [0, 0.05) is 32.5 Å². The van der Waals surface area contributed by atoms with Crippen molar-refractivity contribution in [1.82, 2.24) is 10.3 Å². The molecular weight excluding hydrogens is 222 g/mol. The van der Waals surface area contributed by atoms with Gasteiger partial charge in [0.15, 0.2) is 6.29 Å². The summed E-state index contributed by atoms with van der Waals surface area (Å²) < 4.78 is 9.92. The van der Waals surface area contributed by atoms with Crippen LogP contribution in [0.2, 0.25) is 0 Å². The van der Waals surface area contributed by atoms with Crippen LogP contribution < -0.4 is 11.1 Å². The number of ether oxygens (including phenoxy) is 2. The lowest BCUT2D eigenvalue weighted by molar-refractivity contribution is -0.0974. The number of hydrogen-bond donors (Lipinski definition) is 2. The van der Waals surface area contributed by atoms with Gasteiger partial charge in [0.05, 0.1) is 12.2 Å². The highest BCUT2D eigenvalue weighted by Gasteiger charge is 2.10. The number of carbonyl (C=O) groups excluding carboxylic acids is 1. The Morgan fingerprint density at radius 3 is 2.82 bits per heavy atom. The maximum Gasteiger partial charge on any atom is 0.251 e. The van der Waals surface area contributed by atoms with Crippen molar-refractivity contribution >= 4 is 5.91 Å². The lowest BCUT2D eigenvalue weighted by Crippen LogP contribution is -2.34. The molecule has 0 atom stereocenters. The van der Waals surface area contributed by atoms with Crippen molar-refractivity contribution in [3.63, 3.8) is 0 Å². The monoisotopic (exact) mass is 239 g/mol. The Morgan fingerprint density at radius 1 is 1.53 bits per heavy atom. The second-order valence-corrected chi connectivity index (χ2v) is 3.35. The number of hydrogen-bond acceptors (Lipinski definition) is 5.